The molecule has 0 aliphatic carbocycles. The minimum Gasteiger partial charge on any atom is -0.506 e. The number of H-pyrrole nitrogens is 1. The van der Waals surface area contributed by atoms with Gasteiger partial charge in [0.25, 0.3) is 11.5 Å². The van der Waals surface area contributed by atoms with E-state index in [1.807, 2.05) is 4.98 Å². The molecule has 0 bridgehead atoms. The van der Waals surface area contributed by atoms with Gasteiger partial charge in [0.15, 0.2) is 0 Å². The van der Waals surface area contributed by atoms with Crippen molar-refractivity contribution in [2.45, 2.75) is 45.5 Å². The minimum atomic E-state index is -4.75. The number of carbonyl (C=O) groups excluding carboxylic acids is 2. The summed E-state index contributed by atoms with van der Waals surface area (Å²) in [6.07, 6.45) is -4.75. The Morgan fingerprint density at radius 1 is 1.25 bits per heavy atom. The molecule has 0 spiro atoms. The second-order valence-electron chi connectivity index (χ2n) is 7.00. The molecule has 8 nitrogen and oxygen atoms in total. The number of ether oxygens (including phenoxy) is 1. The summed E-state index contributed by atoms with van der Waals surface area (Å²) in [5.74, 6) is -2.72. The molecule has 0 fully saturated rings. The number of aromatic nitrogens is 2. The Hall–Kier alpha value is -3.11. The van der Waals surface area contributed by atoms with Crippen LogP contribution in [0.1, 0.15) is 43.7 Å². The molecule has 2 heterocycles. The summed E-state index contributed by atoms with van der Waals surface area (Å²) in [5.41, 5.74) is -4.53. The third-order valence-electron chi connectivity index (χ3n) is 3.47. The zero-order chi connectivity index (χ0) is 21.4. The standard InChI is InChI=1S/C17H18F3N3O5/c1-7(15(27)28-16(2,3)4)21-13(25)10-11(24)8-5-6-9(17(18,19)20)22-12(8)23-14(10)26/h5-7H,1-4H3,(H,21,25)(H2,22,23,24,26)/t7-/m0/s1. The van der Waals surface area contributed by atoms with Gasteiger partial charge in [0, 0.05) is 0 Å². The van der Waals surface area contributed by atoms with Crippen molar-refractivity contribution in [3.05, 3.63) is 33.7 Å². The van der Waals surface area contributed by atoms with E-state index in [0.29, 0.717) is 6.07 Å². The van der Waals surface area contributed by atoms with Crippen LogP contribution in [0.4, 0.5) is 13.2 Å². The van der Waals surface area contributed by atoms with Crippen LogP contribution in [0.15, 0.2) is 16.9 Å². The molecule has 0 aliphatic heterocycles. The van der Waals surface area contributed by atoms with Gasteiger partial charge in [-0.25, -0.2) is 9.78 Å². The lowest BCUT2D eigenvalue weighted by Gasteiger charge is -2.22. The molecule has 2 aromatic heterocycles. The highest BCUT2D eigenvalue weighted by atomic mass is 19.4. The van der Waals surface area contributed by atoms with Gasteiger partial charge >= 0.3 is 12.1 Å². The van der Waals surface area contributed by atoms with Gasteiger partial charge in [0.05, 0.1) is 5.39 Å². The Morgan fingerprint density at radius 3 is 2.39 bits per heavy atom. The number of carbonyl (C=O) groups is 2. The highest BCUT2D eigenvalue weighted by Crippen LogP contribution is 2.31. The monoisotopic (exact) mass is 401 g/mol. The van der Waals surface area contributed by atoms with Crippen LogP contribution in [0.25, 0.3) is 11.0 Å². The van der Waals surface area contributed by atoms with E-state index in [1.54, 1.807) is 20.8 Å². The number of alkyl halides is 3. The topological polar surface area (TPSA) is 121 Å². The number of halogens is 3. The Labute approximate surface area is 156 Å². The van der Waals surface area contributed by atoms with Crippen LogP contribution in [0.3, 0.4) is 0 Å². The smallest absolute Gasteiger partial charge is 0.433 e. The number of aromatic hydroxyl groups is 1. The van der Waals surface area contributed by atoms with Gasteiger partial charge in [-0.2, -0.15) is 13.2 Å². The first kappa shape index (κ1) is 21.2. The van der Waals surface area contributed by atoms with Gasteiger partial charge in [0.1, 0.15) is 34.3 Å². The number of amides is 1. The largest absolute Gasteiger partial charge is 0.506 e. The molecule has 0 saturated heterocycles. The summed E-state index contributed by atoms with van der Waals surface area (Å²) in [6.45, 7) is 6.19. The quantitative estimate of drug-likeness (QED) is 0.678. The molecule has 0 aromatic carbocycles. The maximum atomic E-state index is 12.7. The van der Waals surface area contributed by atoms with Crippen LogP contribution < -0.4 is 10.9 Å². The molecule has 0 unspecified atom stereocenters. The van der Waals surface area contributed by atoms with Crippen molar-refractivity contribution in [1.29, 1.82) is 0 Å². The van der Waals surface area contributed by atoms with Crippen molar-refractivity contribution in [1.82, 2.24) is 15.3 Å². The van der Waals surface area contributed by atoms with Crippen molar-refractivity contribution in [2.24, 2.45) is 0 Å². The van der Waals surface area contributed by atoms with Gasteiger partial charge in [-0.1, -0.05) is 0 Å². The van der Waals surface area contributed by atoms with Crippen LogP contribution in [0.2, 0.25) is 0 Å². The Bertz CT molecular complexity index is 992. The van der Waals surface area contributed by atoms with Gasteiger partial charge < -0.3 is 20.1 Å². The molecule has 2 aromatic rings. The third-order valence-corrected chi connectivity index (χ3v) is 3.47. The molecule has 1 atom stereocenters. The summed E-state index contributed by atoms with van der Waals surface area (Å²) in [4.78, 5) is 41.7. The first-order chi connectivity index (χ1) is 12.7. The summed E-state index contributed by atoms with van der Waals surface area (Å²) in [5, 5.41) is 12.2. The highest BCUT2D eigenvalue weighted by Gasteiger charge is 2.33. The zero-order valence-corrected chi connectivity index (χ0v) is 15.4. The van der Waals surface area contributed by atoms with E-state index < -0.39 is 57.9 Å². The number of aromatic amines is 1. The Morgan fingerprint density at radius 2 is 1.86 bits per heavy atom. The number of hydrogen-bond acceptors (Lipinski definition) is 6. The van der Waals surface area contributed by atoms with Gasteiger partial charge in [-0.15, -0.1) is 0 Å². The molecule has 3 N–H and O–H groups in total. The van der Waals surface area contributed by atoms with Gasteiger partial charge in [0.2, 0.25) is 0 Å². The molecule has 0 saturated carbocycles. The van der Waals surface area contributed by atoms with Gasteiger partial charge in [-0.3, -0.25) is 9.59 Å². The molecule has 0 aliphatic rings. The number of nitrogens with zero attached hydrogens (tertiary/aromatic N) is 1. The number of rotatable bonds is 3. The van der Waals surface area contributed by atoms with Crippen molar-refractivity contribution in [3.8, 4) is 5.75 Å². The first-order valence-corrected chi connectivity index (χ1v) is 8.07. The van der Waals surface area contributed by atoms with Crippen LogP contribution in [0.5, 0.6) is 5.75 Å². The Kier molecular flexibility index (Phi) is 5.40. The zero-order valence-electron chi connectivity index (χ0n) is 15.4. The van der Waals surface area contributed by atoms with Crippen LogP contribution in [0, 0.1) is 0 Å². The van der Waals surface area contributed by atoms with Crippen LogP contribution in [-0.2, 0) is 15.7 Å². The lowest BCUT2D eigenvalue weighted by atomic mass is 10.1. The fourth-order valence-corrected chi connectivity index (χ4v) is 2.24. The number of fused-ring (bicyclic) bond motifs is 1. The molecule has 1 amide bonds. The van der Waals surface area contributed by atoms with Crippen LogP contribution in [-0.4, -0.2) is 38.6 Å². The van der Waals surface area contributed by atoms with E-state index in [4.69, 9.17) is 4.74 Å². The summed E-state index contributed by atoms with van der Waals surface area (Å²) < 4.78 is 43.3. The number of pyridine rings is 2. The van der Waals surface area contributed by atoms with E-state index in [-0.39, 0.29) is 5.39 Å². The number of nitrogens with one attached hydrogen (secondary N) is 2. The van der Waals surface area contributed by atoms with Crippen molar-refractivity contribution in [3.63, 3.8) is 0 Å². The lowest BCUT2D eigenvalue weighted by Crippen LogP contribution is -2.43. The molecular weight excluding hydrogens is 383 g/mol. The van der Waals surface area contributed by atoms with Crippen molar-refractivity contribution >= 4 is 22.9 Å². The molecular formula is C17H18F3N3O5. The Balaban J connectivity index is 2.38. The second kappa shape index (κ2) is 7.13. The van der Waals surface area contributed by atoms with Crippen molar-refractivity contribution < 1.29 is 32.6 Å². The predicted molar refractivity (Wildman–Crippen MR) is 91.8 cm³/mol. The average Bonchev–Trinajstić information content (AvgIpc) is 2.51. The lowest BCUT2D eigenvalue weighted by molar-refractivity contribution is -0.156. The number of hydrogen-bond donors (Lipinski definition) is 3. The maximum Gasteiger partial charge on any atom is 0.433 e. The minimum absolute atomic E-state index is 0.261. The highest BCUT2D eigenvalue weighted by molar-refractivity contribution is 6.02. The third kappa shape index (κ3) is 4.59. The second-order valence-corrected chi connectivity index (χ2v) is 7.00. The first-order valence-electron chi connectivity index (χ1n) is 8.07. The predicted octanol–water partition coefficient (Wildman–Crippen LogP) is 2.11. The molecule has 28 heavy (non-hydrogen) atoms. The summed E-state index contributed by atoms with van der Waals surface area (Å²) >= 11 is 0. The molecule has 11 heteroatoms. The fraction of sp³-hybridized carbons (Fsp3) is 0.412. The maximum absolute atomic E-state index is 12.7. The van der Waals surface area contributed by atoms with E-state index in [9.17, 15) is 32.7 Å². The normalized spacial score (nSPS) is 13.2. The average molecular weight is 401 g/mol. The van der Waals surface area contributed by atoms with E-state index >= 15 is 0 Å². The molecule has 152 valence electrons. The SMILES string of the molecule is C[C@H](NC(=O)c1c(O)c2ccc(C(F)(F)F)nc2[nH]c1=O)C(=O)OC(C)(C)C. The van der Waals surface area contributed by atoms with E-state index in [0.717, 1.165) is 6.07 Å². The molecule has 0 radical (unpaired) electrons. The summed E-state index contributed by atoms with van der Waals surface area (Å²) in [7, 11) is 0. The summed E-state index contributed by atoms with van der Waals surface area (Å²) in [6, 6.07) is 0.336. The van der Waals surface area contributed by atoms with Crippen molar-refractivity contribution in [2.75, 3.05) is 0 Å². The molecule has 2 rings (SSSR count). The van der Waals surface area contributed by atoms with E-state index in [2.05, 4.69) is 10.3 Å². The van der Waals surface area contributed by atoms with Gasteiger partial charge in [-0.05, 0) is 39.8 Å². The number of esters is 1. The van der Waals surface area contributed by atoms with Crippen LogP contribution >= 0.6 is 0 Å². The van der Waals surface area contributed by atoms with E-state index in [1.165, 1.54) is 6.92 Å². The fourth-order valence-electron chi connectivity index (χ4n) is 2.24.